The molecule has 0 bridgehead atoms. The molecule has 7 nitrogen and oxygen atoms in total. The molecule has 1 atom stereocenters. The van der Waals surface area contributed by atoms with E-state index in [2.05, 4.69) is 39.7 Å². The number of benzene rings is 2. The van der Waals surface area contributed by atoms with Gasteiger partial charge in [-0.1, -0.05) is 35.9 Å². The van der Waals surface area contributed by atoms with Gasteiger partial charge in [0.15, 0.2) is 0 Å². The molecule has 2 aromatic heterocycles. The lowest BCUT2D eigenvalue weighted by atomic mass is 10.0. The number of amides is 2. The Morgan fingerprint density at radius 3 is 2.43 bits per heavy atom. The number of hydrogen-bond acceptors (Lipinski definition) is 6. The third-order valence-corrected chi connectivity index (χ3v) is 8.72. The second-order valence-electron chi connectivity index (χ2n) is 12.0. The second-order valence-corrected chi connectivity index (χ2v) is 12.9. The third kappa shape index (κ3) is 9.99. The summed E-state index contributed by atoms with van der Waals surface area (Å²) in [4.78, 5) is 36.7. The maximum Gasteiger partial charge on any atom is 0.254 e. The number of likely N-dealkylation sites (tertiary alicyclic amines) is 1. The maximum atomic E-state index is 14.1. The fraction of sp³-hybridized carbons (Fsp3) is 0.389. The van der Waals surface area contributed by atoms with Crippen LogP contribution in [0.1, 0.15) is 92.8 Å². The Morgan fingerprint density at radius 2 is 1.78 bits per heavy atom. The van der Waals surface area contributed by atoms with Gasteiger partial charge in [-0.25, -0.2) is 13.8 Å². The van der Waals surface area contributed by atoms with Gasteiger partial charge in [0.2, 0.25) is 0 Å². The molecule has 2 amide bonds. The summed E-state index contributed by atoms with van der Waals surface area (Å²) in [7, 11) is 0. The van der Waals surface area contributed by atoms with E-state index in [4.69, 9.17) is 0 Å². The molecular weight excluding hydrogens is 604 g/mol. The number of aromatic nitrogens is 2. The van der Waals surface area contributed by atoms with Crippen molar-refractivity contribution in [1.82, 2.24) is 25.5 Å². The molecule has 1 unspecified atom stereocenters. The normalized spacial score (nSPS) is 14.5. The minimum absolute atomic E-state index is 0.100. The van der Waals surface area contributed by atoms with E-state index in [1.807, 2.05) is 30.5 Å². The summed E-state index contributed by atoms with van der Waals surface area (Å²) in [6, 6.07) is 16.5. The zero-order chi connectivity index (χ0) is 33.1. The van der Waals surface area contributed by atoms with Gasteiger partial charge in [-0.2, -0.15) is 0 Å². The first-order chi connectivity index (χ1) is 22.0. The van der Waals surface area contributed by atoms with E-state index in [0.717, 1.165) is 29.1 Å². The Hall–Kier alpha value is -4.02. The Labute approximate surface area is 274 Å². The molecule has 0 radical (unpaired) electrons. The average Bonchev–Trinajstić information content (AvgIpc) is 3.71. The van der Waals surface area contributed by atoms with Gasteiger partial charge < -0.3 is 15.5 Å². The van der Waals surface area contributed by atoms with E-state index in [0.29, 0.717) is 49.3 Å². The van der Waals surface area contributed by atoms with E-state index in [9.17, 15) is 18.4 Å². The van der Waals surface area contributed by atoms with Crippen molar-refractivity contribution in [2.45, 2.75) is 71.9 Å². The molecule has 244 valence electrons. The predicted octanol–water partition coefficient (Wildman–Crippen LogP) is 7.40. The second kappa shape index (κ2) is 16.5. The summed E-state index contributed by atoms with van der Waals surface area (Å²) in [5.41, 5.74) is 3.07. The summed E-state index contributed by atoms with van der Waals surface area (Å²) in [5, 5.41) is 9.00. The monoisotopic (exact) mass is 647 g/mol. The number of pyridine rings is 1. The summed E-state index contributed by atoms with van der Waals surface area (Å²) >= 11 is 1.54. The van der Waals surface area contributed by atoms with Crippen LogP contribution in [0, 0.1) is 13.8 Å². The molecule has 1 fully saturated rings. The number of nitrogens with one attached hydrogen (secondary N) is 2. The number of halogens is 2. The van der Waals surface area contributed by atoms with Gasteiger partial charge in [0, 0.05) is 59.8 Å². The topological polar surface area (TPSA) is 87.2 Å². The Balaban J connectivity index is 0.000000606. The predicted molar refractivity (Wildman–Crippen MR) is 179 cm³/mol. The van der Waals surface area contributed by atoms with Crippen molar-refractivity contribution in [2.24, 2.45) is 0 Å². The van der Waals surface area contributed by atoms with E-state index in [-0.39, 0.29) is 23.4 Å². The third-order valence-electron chi connectivity index (χ3n) is 7.66. The van der Waals surface area contributed by atoms with E-state index in [1.165, 1.54) is 37.7 Å². The van der Waals surface area contributed by atoms with Crippen molar-refractivity contribution in [3.8, 4) is 0 Å². The van der Waals surface area contributed by atoms with Crippen molar-refractivity contribution < 1.29 is 18.4 Å². The molecule has 0 saturated carbocycles. The minimum atomic E-state index is -1.45. The first kappa shape index (κ1) is 34.8. The lowest BCUT2D eigenvalue weighted by molar-refractivity contribution is 0.0735. The number of aryl methyl sites for hydroxylation is 2. The average molecular weight is 648 g/mol. The lowest BCUT2D eigenvalue weighted by Gasteiger charge is -2.23. The van der Waals surface area contributed by atoms with Gasteiger partial charge in [-0.3, -0.25) is 14.6 Å². The standard InChI is InChI=1S/C29H35F2N5O2S.C7H8/c1-19-18-39-27(35-19)25-6-4-9-36(25)28(38)23-11-20(14-30)10-22(13-23)26(37)34-8-5-7-32-15-21-12-24(17-33-16-21)29(2,3)31;1-7-5-3-2-4-6-7/h10-13,16-18,25,32H,4-9,14-15H2,1-3H3,(H,34,37);2-6H,1H3. The minimum Gasteiger partial charge on any atom is -0.352 e. The van der Waals surface area contributed by atoms with Gasteiger partial charge in [0.05, 0.1) is 6.04 Å². The number of nitrogens with zero attached hydrogens (tertiary/aromatic N) is 3. The van der Waals surface area contributed by atoms with Gasteiger partial charge in [0.25, 0.3) is 11.8 Å². The van der Waals surface area contributed by atoms with Gasteiger partial charge in [-0.15, -0.1) is 11.3 Å². The van der Waals surface area contributed by atoms with Crippen molar-refractivity contribution in [3.63, 3.8) is 0 Å². The fourth-order valence-corrected chi connectivity index (χ4v) is 6.12. The SMILES string of the molecule is Cc1ccccc1.Cc1csc(C2CCCN2C(=O)c2cc(CF)cc(C(=O)NCCCNCc3cncc(C(C)(C)F)c3)c2)n1. The number of carbonyl (C=O) groups is 2. The van der Waals surface area contributed by atoms with Crippen LogP contribution in [-0.4, -0.2) is 46.3 Å². The Kier molecular flexibility index (Phi) is 12.5. The summed E-state index contributed by atoms with van der Waals surface area (Å²) in [6.07, 6.45) is 5.59. The molecule has 0 spiro atoms. The number of hydrogen-bond donors (Lipinski definition) is 2. The van der Waals surface area contributed by atoms with Crippen LogP contribution < -0.4 is 10.6 Å². The van der Waals surface area contributed by atoms with Crippen LogP contribution in [0.25, 0.3) is 0 Å². The van der Waals surface area contributed by atoms with Crippen molar-refractivity contribution >= 4 is 23.2 Å². The highest BCUT2D eigenvalue weighted by Crippen LogP contribution is 2.35. The van der Waals surface area contributed by atoms with Crippen LogP contribution >= 0.6 is 11.3 Å². The van der Waals surface area contributed by atoms with E-state index in [1.54, 1.807) is 34.6 Å². The van der Waals surface area contributed by atoms with Crippen molar-refractivity contribution in [1.29, 1.82) is 0 Å². The molecule has 5 rings (SSSR count). The molecule has 1 saturated heterocycles. The summed E-state index contributed by atoms with van der Waals surface area (Å²) < 4.78 is 27.8. The molecule has 10 heteroatoms. The van der Waals surface area contributed by atoms with Crippen LogP contribution in [0.2, 0.25) is 0 Å². The van der Waals surface area contributed by atoms with Crippen LogP contribution in [0.3, 0.4) is 0 Å². The Bertz CT molecular complexity index is 1590. The molecule has 2 N–H and O–H groups in total. The van der Waals surface area contributed by atoms with Crippen LogP contribution in [0.5, 0.6) is 0 Å². The molecule has 1 aliphatic rings. The summed E-state index contributed by atoms with van der Waals surface area (Å²) in [6.45, 7) is 8.41. The zero-order valence-electron chi connectivity index (χ0n) is 27.0. The van der Waals surface area contributed by atoms with Crippen molar-refractivity contribution in [2.75, 3.05) is 19.6 Å². The lowest BCUT2D eigenvalue weighted by Crippen LogP contribution is -2.31. The first-order valence-electron chi connectivity index (χ1n) is 15.6. The Morgan fingerprint density at radius 1 is 1.02 bits per heavy atom. The van der Waals surface area contributed by atoms with Crippen LogP contribution in [0.15, 0.2) is 72.4 Å². The van der Waals surface area contributed by atoms with Gasteiger partial charge >= 0.3 is 0 Å². The highest BCUT2D eigenvalue weighted by molar-refractivity contribution is 7.09. The molecule has 0 aliphatic carbocycles. The number of alkyl halides is 2. The largest absolute Gasteiger partial charge is 0.352 e. The molecular formula is C36H43F2N5O2S. The molecule has 2 aromatic carbocycles. The number of rotatable bonds is 11. The summed E-state index contributed by atoms with van der Waals surface area (Å²) in [5.74, 6) is -0.566. The molecule has 46 heavy (non-hydrogen) atoms. The van der Waals surface area contributed by atoms with E-state index < -0.39 is 12.3 Å². The number of thiazole rings is 1. The van der Waals surface area contributed by atoms with Crippen molar-refractivity contribution in [3.05, 3.63) is 116 Å². The molecule has 3 heterocycles. The van der Waals surface area contributed by atoms with Crippen LogP contribution in [-0.2, 0) is 18.9 Å². The van der Waals surface area contributed by atoms with Gasteiger partial charge in [0.1, 0.15) is 17.4 Å². The molecule has 1 aliphatic heterocycles. The van der Waals surface area contributed by atoms with Crippen LogP contribution in [0.4, 0.5) is 8.78 Å². The van der Waals surface area contributed by atoms with Gasteiger partial charge in [-0.05, 0) is 88.9 Å². The maximum absolute atomic E-state index is 14.1. The zero-order valence-corrected chi connectivity index (χ0v) is 27.8. The smallest absolute Gasteiger partial charge is 0.254 e. The van der Waals surface area contributed by atoms with E-state index >= 15 is 0 Å². The molecule has 4 aromatic rings. The first-order valence-corrected chi connectivity index (χ1v) is 16.5. The quantitative estimate of drug-likeness (QED) is 0.166. The highest BCUT2D eigenvalue weighted by Gasteiger charge is 2.33. The fourth-order valence-electron chi connectivity index (χ4n) is 5.18. The number of carbonyl (C=O) groups excluding carboxylic acids is 2. The highest BCUT2D eigenvalue weighted by atomic mass is 32.1.